The van der Waals surface area contributed by atoms with Crippen LogP contribution >= 0.6 is 0 Å². The molecule has 0 saturated carbocycles. The predicted octanol–water partition coefficient (Wildman–Crippen LogP) is 2.54. The molecule has 0 radical (unpaired) electrons. The molecule has 6 heteroatoms. The van der Waals surface area contributed by atoms with E-state index >= 15 is 0 Å². The Morgan fingerprint density at radius 3 is 2.50 bits per heavy atom. The highest BCUT2D eigenvalue weighted by molar-refractivity contribution is 5.47. The lowest BCUT2D eigenvalue weighted by atomic mass is 10.1. The van der Waals surface area contributed by atoms with Gasteiger partial charge in [0.05, 0.1) is 4.92 Å². The summed E-state index contributed by atoms with van der Waals surface area (Å²) in [6, 6.07) is 0. The molecule has 1 heterocycles. The van der Waals surface area contributed by atoms with E-state index in [0.29, 0.717) is 0 Å². The van der Waals surface area contributed by atoms with E-state index in [-0.39, 0.29) is 22.5 Å². The van der Waals surface area contributed by atoms with Gasteiger partial charge in [-0.3, -0.25) is 15.1 Å². The van der Waals surface area contributed by atoms with E-state index < -0.39 is 11.3 Å². The number of halogens is 2. The Bertz CT molecular complexity index is 380. The average Bonchev–Trinajstić information content (AvgIpc) is 2.02. The number of alkyl halides is 2. The molecular weight excluding hydrogens is 194 g/mol. The fourth-order valence-corrected chi connectivity index (χ4v) is 1.22. The molecule has 0 atom stereocenters. The molecule has 0 aliphatic carbocycles. The zero-order valence-electron chi connectivity index (χ0n) is 7.62. The Hall–Kier alpha value is -1.59. The van der Waals surface area contributed by atoms with Crippen LogP contribution in [0.2, 0.25) is 0 Å². The highest BCUT2D eigenvalue weighted by atomic mass is 19.3. The van der Waals surface area contributed by atoms with Crippen molar-refractivity contribution in [2.24, 2.45) is 0 Å². The molecule has 1 aromatic heterocycles. The van der Waals surface area contributed by atoms with E-state index in [1.807, 2.05) is 0 Å². The van der Waals surface area contributed by atoms with Crippen LogP contribution in [0.4, 0.5) is 14.5 Å². The van der Waals surface area contributed by atoms with Crippen molar-refractivity contribution >= 4 is 5.69 Å². The monoisotopic (exact) mass is 202 g/mol. The van der Waals surface area contributed by atoms with Crippen LogP contribution in [0.3, 0.4) is 0 Å². The van der Waals surface area contributed by atoms with Gasteiger partial charge in [0.1, 0.15) is 5.69 Å². The summed E-state index contributed by atoms with van der Waals surface area (Å²) >= 11 is 0. The molecule has 4 nitrogen and oxygen atoms in total. The van der Waals surface area contributed by atoms with Crippen molar-refractivity contribution in [2.45, 2.75) is 20.3 Å². The maximum atomic E-state index is 12.3. The summed E-state index contributed by atoms with van der Waals surface area (Å²) in [6.45, 7) is 2.72. The zero-order chi connectivity index (χ0) is 10.9. The summed E-state index contributed by atoms with van der Waals surface area (Å²) in [7, 11) is 0. The van der Waals surface area contributed by atoms with Crippen molar-refractivity contribution in [3.63, 3.8) is 0 Å². The smallest absolute Gasteiger partial charge is 0.258 e. The maximum absolute atomic E-state index is 12.3. The molecule has 0 fully saturated rings. The number of hydrogen-bond acceptors (Lipinski definition) is 3. The second-order valence-electron chi connectivity index (χ2n) is 2.83. The third-order valence-corrected chi connectivity index (χ3v) is 1.95. The lowest BCUT2D eigenvalue weighted by molar-refractivity contribution is -0.386. The van der Waals surface area contributed by atoms with Gasteiger partial charge in [-0.1, -0.05) is 0 Å². The van der Waals surface area contributed by atoms with E-state index in [9.17, 15) is 18.9 Å². The summed E-state index contributed by atoms with van der Waals surface area (Å²) in [5, 5.41) is 10.5. The van der Waals surface area contributed by atoms with Crippen LogP contribution in [-0.2, 0) is 0 Å². The number of aryl methyl sites for hydroxylation is 1. The first-order valence-corrected chi connectivity index (χ1v) is 3.83. The van der Waals surface area contributed by atoms with Crippen LogP contribution in [-0.4, -0.2) is 9.91 Å². The number of rotatable bonds is 2. The van der Waals surface area contributed by atoms with Crippen LogP contribution in [0.1, 0.15) is 23.2 Å². The Balaban J connectivity index is 3.41. The molecule has 0 spiro atoms. The van der Waals surface area contributed by atoms with Crippen molar-refractivity contribution in [1.29, 1.82) is 0 Å². The Morgan fingerprint density at radius 1 is 1.50 bits per heavy atom. The third-order valence-electron chi connectivity index (χ3n) is 1.95. The lowest BCUT2D eigenvalue weighted by Gasteiger charge is -2.05. The quantitative estimate of drug-likeness (QED) is 0.547. The summed E-state index contributed by atoms with van der Waals surface area (Å²) < 4.78 is 24.7. The van der Waals surface area contributed by atoms with Gasteiger partial charge in [-0.15, -0.1) is 0 Å². The van der Waals surface area contributed by atoms with Gasteiger partial charge in [0, 0.05) is 17.3 Å². The first kappa shape index (κ1) is 10.5. The fourth-order valence-electron chi connectivity index (χ4n) is 1.22. The van der Waals surface area contributed by atoms with E-state index in [4.69, 9.17) is 0 Å². The topological polar surface area (TPSA) is 56.0 Å². The second-order valence-corrected chi connectivity index (χ2v) is 2.83. The molecule has 0 aliphatic heterocycles. The average molecular weight is 202 g/mol. The lowest BCUT2D eigenvalue weighted by Crippen LogP contribution is -2.01. The van der Waals surface area contributed by atoms with Crippen molar-refractivity contribution in [1.82, 2.24) is 4.98 Å². The standard InChI is InChI=1S/C8H8F2N2O2/c1-4-6(8(9)10)3-11-5(2)7(4)12(13)14/h3,8H,1-2H3. The van der Waals surface area contributed by atoms with Crippen LogP contribution in [0.15, 0.2) is 6.20 Å². The molecule has 0 N–H and O–H groups in total. The molecule has 1 rings (SSSR count). The van der Waals surface area contributed by atoms with Gasteiger partial charge in [-0.25, -0.2) is 8.78 Å². The van der Waals surface area contributed by atoms with Crippen molar-refractivity contribution in [3.05, 3.63) is 33.1 Å². The largest absolute Gasteiger partial charge is 0.293 e. The van der Waals surface area contributed by atoms with E-state index in [2.05, 4.69) is 4.98 Å². The number of nitrogens with zero attached hydrogens (tertiary/aromatic N) is 2. The van der Waals surface area contributed by atoms with Gasteiger partial charge < -0.3 is 0 Å². The van der Waals surface area contributed by atoms with E-state index in [1.54, 1.807) is 0 Å². The van der Waals surface area contributed by atoms with Gasteiger partial charge in [0.25, 0.3) is 12.1 Å². The summed E-state index contributed by atoms with van der Waals surface area (Å²) in [4.78, 5) is 13.4. The van der Waals surface area contributed by atoms with Crippen LogP contribution < -0.4 is 0 Å². The summed E-state index contributed by atoms with van der Waals surface area (Å²) in [5.41, 5.74) is -0.584. The minimum atomic E-state index is -2.73. The second kappa shape index (κ2) is 3.65. The molecule has 0 aromatic carbocycles. The molecule has 0 amide bonds. The molecule has 0 unspecified atom stereocenters. The van der Waals surface area contributed by atoms with Crippen LogP contribution in [0, 0.1) is 24.0 Å². The van der Waals surface area contributed by atoms with E-state index in [0.717, 1.165) is 6.20 Å². The molecule has 1 aromatic rings. The van der Waals surface area contributed by atoms with Gasteiger partial charge in [-0.05, 0) is 13.8 Å². The number of aromatic nitrogens is 1. The third kappa shape index (κ3) is 1.68. The minimum Gasteiger partial charge on any atom is -0.258 e. The first-order chi connectivity index (χ1) is 6.45. The Morgan fingerprint density at radius 2 is 2.07 bits per heavy atom. The molecular formula is C8H8F2N2O2. The first-order valence-electron chi connectivity index (χ1n) is 3.83. The van der Waals surface area contributed by atoms with Gasteiger partial charge in [0.2, 0.25) is 0 Å². The molecule has 76 valence electrons. The highest BCUT2D eigenvalue weighted by Crippen LogP contribution is 2.29. The highest BCUT2D eigenvalue weighted by Gasteiger charge is 2.22. The predicted molar refractivity (Wildman–Crippen MR) is 45.3 cm³/mol. The van der Waals surface area contributed by atoms with Crippen molar-refractivity contribution in [3.8, 4) is 0 Å². The SMILES string of the molecule is Cc1ncc(C(F)F)c(C)c1[N+](=O)[O-]. The van der Waals surface area contributed by atoms with Crippen molar-refractivity contribution < 1.29 is 13.7 Å². The van der Waals surface area contributed by atoms with Crippen LogP contribution in [0.25, 0.3) is 0 Å². The summed E-state index contributed by atoms with van der Waals surface area (Å²) in [6.07, 6.45) is -1.76. The minimum absolute atomic E-state index is 0.0162. The normalized spacial score (nSPS) is 10.6. The van der Waals surface area contributed by atoms with Gasteiger partial charge >= 0.3 is 0 Å². The molecule has 0 aliphatic rings. The summed E-state index contributed by atoms with van der Waals surface area (Å²) in [5.74, 6) is 0. The van der Waals surface area contributed by atoms with Crippen molar-refractivity contribution in [2.75, 3.05) is 0 Å². The van der Waals surface area contributed by atoms with Gasteiger partial charge in [-0.2, -0.15) is 0 Å². The van der Waals surface area contributed by atoms with Gasteiger partial charge in [0.15, 0.2) is 0 Å². The number of hydrogen-bond donors (Lipinski definition) is 0. The van der Waals surface area contributed by atoms with Crippen LogP contribution in [0.5, 0.6) is 0 Å². The molecule has 0 saturated heterocycles. The Kier molecular flexibility index (Phi) is 2.73. The number of pyridine rings is 1. The Labute approximate surface area is 78.7 Å². The fraction of sp³-hybridized carbons (Fsp3) is 0.375. The zero-order valence-corrected chi connectivity index (χ0v) is 7.62. The maximum Gasteiger partial charge on any atom is 0.293 e. The number of nitro groups is 1. The molecule has 0 bridgehead atoms. The van der Waals surface area contributed by atoms with E-state index in [1.165, 1.54) is 13.8 Å². The molecule has 14 heavy (non-hydrogen) atoms.